The molecule has 0 fully saturated rings. The largest absolute Gasteiger partial charge is 0.381 e. The molecule has 0 aliphatic heterocycles. The van der Waals surface area contributed by atoms with Crippen LogP contribution in [0.25, 0.3) is 11.3 Å². The van der Waals surface area contributed by atoms with Gasteiger partial charge in [-0.3, -0.25) is 0 Å². The minimum Gasteiger partial charge on any atom is -0.381 e. The van der Waals surface area contributed by atoms with Crippen LogP contribution in [0.5, 0.6) is 0 Å². The van der Waals surface area contributed by atoms with E-state index in [1.54, 1.807) is 11.3 Å². The van der Waals surface area contributed by atoms with E-state index in [0.717, 1.165) is 28.5 Å². The first-order valence-electron chi connectivity index (χ1n) is 7.03. The molecule has 0 aliphatic rings. The van der Waals surface area contributed by atoms with Crippen LogP contribution in [0.1, 0.15) is 16.1 Å². The normalized spacial score (nSPS) is 10.6. The number of anilines is 1. The molecule has 0 bridgehead atoms. The monoisotopic (exact) mass is 294 g/mol. The molecule has 106 valence electrons. The smallest absolute Gasteiger partial charge is 0.0901 e. The number of hydrogen-bond donors (Lipinski definition) is 1. The van der Waals surface area contributed by atoms with E-state index in [2.05, 4.69) is 71.1 Å². The van der Waals surface area contributed by atoms with Gasteiger partial charge in [0, 0.05) is 23.2 Å². The van der Waals surface area contributed by atoms with Gasteiger partial charge >= 0.3 is 0 Å². The van der Waals surface area contributed by atoms with E-state index in [1.807, 2.05) is 6.92 Å². The third-order valence-corrected chi connectivity index (χ3v) is 4.17. The van der Waals surface area contributed by atoms with Crippen molar-refractivity contribution in [1.29, 1.82) is 0 Å². The Balaban J connectivity index is 1.73. The van der Waals surface area contributed by atoms with Crippen molar-refractivity contribution in [2.45, 2.75) is 20.4 Å². The van der Waals surface area contributed by atoms with E-state index in [0.29, 0.717) is 0 Å². The summed E-state index contributed by atoms with van der Waals surface area (Å²) in [4.78, 5) is 4.54. The Kier molecular flexibility index (Phi) is 4.02. The highest BCUT2D eigenvalue weighted by molar-refractivity contribution is 7.09. The van der Waals surface area contributed by atoms with Crippen molar-refractivity contribution >= 4 is 17.0 Å². The average Bonchev–Trinajstić information content (AvgIpc) is 2.94. The van der Waals surface area contributed by atoms with Crippen molar-refractivity contribution < 1.29 is 0 Å². The molecule has 2 nitrogen and oxygen atoms in total. The van der Waals surface area contributed by atoms with E-state index in [1.165, 1.54) is 11.1 Å². The van der Waals surface area contributed by atoms with Crippen LogP contribution in [0.15, 0.2) is 53.9 Å². The minimum absolute atomic E-state index is 0.833. The summed E-state index contributed by atoms with van der Waals surface area (Å²) in [7, 11) is 0. The van der Waals surface area contributed by atoms with Crippen LogP contribution < -0.4 is 5.32 Å². The highest BCUT2D eigenvalue weighted by Crippen LogP contribution is 2.24. The fourth-order valence-electron chi connectivity index (χ4n) is 2.19. The Labute approximate surface area is 129 Å². The van der Waals surface area contributed by atoms with Gasteiger partial charge in [0.05, 0.1) is 10.7 Å². The Morgan fingerprint density at radius 1 is 1.05 bits per heavy atom. The molecule has 0 saturated carbocycles. The van der Waals surface area contributed by atoms with Gasteiger partial charge in [0.25, 0.3) is 0 Å². The lowest BCUT2D eigenvalue weighted by Gasteiger charge is -2.08. The SMILES string of the molecule is Cc1ccc(CNc2cccc(-c3csc(C)n3)c2)cc1. The minimum atomic E-state index is 0.833. The van der Waals surface area contributed by atoms with Crippen molar-refractivity contribution in [1.82, 2.24) is 4.98 Å². The van der Waals surface area contributed by atoms with E-state index >= 15 is 0 Å². The highest BCUT2D eigenvalue weighted by atomic mass is 32.1. The maximum absolute atomic E-state index is 4.54. The van der Waals surface area contributed by atoms with E-state index in [-0.39, 0.29) is 0 Å². The van der Waals surface area contributed by atoms with Gasteiger partial charge in [-0.25, -0.2) is 4.98 Å². The predicted molar refractivity (Wildman–Crippen MR) is 90.8 cm³/mol. The van der Waals surface area contributed by atoms with E-state index < -0.39 is 0 Å². The topological polar surface area (TPSA) is 24.9 Å². The molecule has 0 aliphatic carbocycles. The molecule has 3 rings (SSSR count). The maximum Gasteiger partial charge on any atom is 0.0901 e. The van der Waals surface area contributed by atoms with Crippen LogP contribution in [-0.4, -0.2) is 4.98 Å². The first kappa shape index (κ1) is 13.8. The van der Waals surface area contributed by atoms with Crippen LogP contribution in [0.3, 0.4) is 0 Å². The summed E-state index contributed by atoms with van der Waals surface area (Å²) in [5.41, 5.74) is 5.92. The molecule has 0 saturated heterocycles. The molecular weight excluding hydrogens is 276 g/mol. The van der Waals surface area contributed by atoms with Crippen molar-refractivity contribution in [3.8, 4) is 11.3 Å². The fraction of sp³-hybridized carbons (Fsp3) is 0.167. The highest BCUT2D eigenvalue weighted by Gasteiger charge is 2.03. The van der Waals surface area contributed by atoms with Gasteiger partial charge in [0.15, 0.2) is 0 Å². The molecule has 21 heavy (non-hydrogen) atoms. The Bertz CT molecular complexity index is 729. The second-order valence-electron chi connectivity index (χ2n) is 5.17. The molecule has 3 heteroatoms. The van der Waals surface area contributed by atoms with E-state index in [9.17, 15) is 0 Å². The van der Waals surface area contributed by atoms with Gasteiger partial charge in [-0.05, 0) is 31.5 Å². The van der Waals surface area contributed by atoms with Gasteiger partial charge in [-0.2, -0.15) is 0 Å². The molecule has 1 aromatic heterocycles. The summed E-state index contributed by atoms with van der Waals surface area (Å²) >= 11 is 1.69. The standard InChI is InChI=1S/C18H18N2S/c1-13-6-8-15(9-7-13)11-19-17-5-3-4-16(10-17)18-12-21-14(2)20-18/h3-10,12,19H,11H2,1-2H3. The first-order chi connectivity index (χ1) is 10.2. The summed E-state index contributed by atoms with van der Waals surface area (Å²) in [6.45, 7) is 4.98. The second-order valence-corrected chi connectivity index (χ2v) is 6.23. The number of nitrogens with one attached hydrogen (secondary N) is 1. The number of benzene rings is 2. The van der Waals surface area contributed by atoms with Gasteiger partial charge in [-0.15, -0.1) is 11.3 Å². The molecule has 3 aromatic rings. The predicted octanol–water partition coefficient (Wildman–Crippen LogP) is 5.04. The van der Waals surface area contributed by atoms with Gasteiger partial charge in [0.1, 0.15) is 0 Å². The van der Waals surface area contributed by atoms with Crippen LogP contribution in [0.2, 0.25) is 0 Å². The molecule has 0 radical (unpaired) electrons. The van der Waals surface area contributed by atoms with Crippen molar-refractivity contribution in [2.75, 3.05) is 5.32 Å². The summed E-state index contributed by atoms with van der Waals surface area (Å²) in [6, 6.07) is 17.0. The fourth-order valence-corrected chi connectivity index (χ4v) is 2.82. The molecule has 0 spiro atoms. The third-order valence-electron chi connectivity index (χ3n) is 3.39. The van der Waals surface area contributed by atoms with Crippen LogP contribution in [0.4, 0.5) is 5.69 Å². The van der Waals surface area contributed by atoms with Crippen molar-refractivity contribution in [3.05, 3.63) is 70.0 Å². The molecule has 1 N–H and O–H groups in total. The van der Waals surface area contributed by atoms with Gasteiger partial charge in [0.2, 0.25) is 0 Å². The number of aryl methyl sites for hydroxylation is 2. The van der Waals surface area contributed by atoms with Crippen molar-refractivity contribution in [3.63, 3.8) is 0 Å². The quantitative estimate of drug-likeness (QED) is 0.729. The zero-order valence-corrected chi connectivity index (χ0v) is 13.1. The number of thiazole rings is 1. The lowest BCUT2D eigenvalue weighted by Crippen LogP contribution is -1.99. The average molecular weight is 294 g/mol. The Morgan fingerprint density at radius 2 is 1.86 bits per heavy atom. The van der Waals surface area contributed by atoms with Gasteiger partial charge in [-0.1, -0.05) is 42.0 Å². The molecule has 0 atom stereocenters. The molecule has 0 unspecified atom stereocenters. The number of nitrogens with zero attached hydrogens (tertiary/aromatic N) is 1. The first-order valence-corrected chi connectivity index (χ1v) is 7.91. The molecule has 0 amide bonds. The number of rotatable bonds is 4. The molecule has 1 heterocycles. The Morgan fingerprint density at radius 3 is 2.57 bits per heavy atom. The zero-order chi connectivity index (χ0) is 14.7. The van der Waals surface area contributed by atoms with Crippen LogP contribution in [0, 0.1) is 13.8 Å². The van der Waals surface area contributed by atoms with Crippen LogP contribution >= 0.6 is 11.3 Å². The second kappa shape index (κ2) is 6.10. The summed E-state index contributed by atoms with van der Waals surface area (Å²) < 4.78 is 0. The number of aromatic nitrogens is 1. The van der Waals surface area contributed by atoms with Gasteiger partial charge < -0.3 is 5.32 Å². The molecule has 2 aromatic carbocycles. The lowest BCUT2D eigenvalue weighted by molar-refractivity contribution is 1.14. The summed E-state index contributed by atoms with van der Waals surface area (Å²) in [5.74, 6) is 0. The van der Waals surface area contributed by atoms with Crippen LogP contribution in [-0.2, 0) is 6.54 Å². The number of hydrogen-bond acceptors (Lipinski definition) is 3. The maximum atomic E-state index is 4.54. The lowest BCUT2D eigenvalue weighted by atomic mass is 10.1. The third kappa shape index (κ3) is 3.50. The summed E-state index contributed by atoms with van der Waals surface area (Å²) in [5, 5.41) is 6.68. The molecular formula is C18H18N2S. The van der Waals surface area contributed by atoms with E-state index in [4.69, 9.17) is 0 Å². The zero-order valence-electron chi connectivity index (χ0n) is 12.3. The van der Waals surface area contributed by atoms with Crippen molar-refractivity contribution in [2.24, 2.45) is 0 Å². The summed E-state index contributed by atoms with van der Waals surface area (Å²) in [6.07, 6.45) is 0. The Hall–Kier alpha value is -2.13.